The van der Waals surface area contributed by atoms with Crippen LogP contribution in [-0.2, 0) is 16.4 Å². The van der Waals surface area contributed by atoms with Crippen LogP contribution < -0.4 is 5.73 Å². The van der Waals surface area contributed by atoms with Gasteiger partial charge in [-0.1, -0.05) is 0 Å². The summed E-state index contributed by atoms with van der Waals surface area (Å²) in [4.78, 5) is 13.4. The standard InChI is InChI=1S/C15H20N4O2S2/c1-8-9(2)22-15-13(8)14(16)17-12(18-15)7-19-5-10-3-4-23(20,21)11(10)6-19/h10-11H,3-7H2,1-2H3,(H2,16,17,18)/t10-,11+/m0/s1. The third-order valence-corrected chi connectivity index (χ3v) is 8.52. The smallest absolute Gasteiger partial charge is 0.154 e. The van der Waals surface area contributed by atoms with Gasteiger partial charge < -0.3 is 5.73 Å². The largest absolute Gasteiger partial charge is 0.383 e. The zero-order chi connectivity index (χ0) is 16.4. The molecule has 2 atom stereocenters. The van der Waals surface area contributed by atoms with Gasteiger partial charge in [-0.25, -0.2) is 18.4 Å². The molecule has 23 heavy (non-hydrogen) atoms. The number of likely N-dealkylation sites (tertiary alicyclic amines) is 1. The van der Waals surface area contributed by atoms with Gasteiger partial charge in [-0.05, 0) is 31.7 Å². The van der Waals surface area contributed by atoms with E-state index in [2.05, 4.69) is 21.8 Å². The zero-order valence-corrected chi connectivity index (χ0v) is 14.9. The molecular weight excluding hydrogens is 332 g/mol. The van der Waals surface area contributed by atoms with Crippen molar-refractivity contribution in [2.24, 2.45) is 5.92 Å². The summed E-state index contributed by atoms with van der Waals surface area (Å²) in [5, 5.41) is 0.756. The molecule has 0 spiro atoms. The Labute approximate surface area is 139 Å². The molecule has 2 aromatic rings. The topological polar surface area (TPSA) is 89.2 Å². The SMILES string of the molecule is Cc1sc2nc(CN3C[C@@H]4CCS(=O)(=O)[C@@H]4C3)nc(N)c2c1C. The predicted molar refractivity (Wildman–Crippen MR) is 92.3 cm³/mol. The number of thiophene rings is 1. The van der Waals surface area contributed by atoms with Crippen molar-refractivity contribution in [2.75, 3.05) is 24.6 Å². The van der Waals surface area contributed by atoms with Crippen molar-refractivity contribution in [3.05, 3.63) is 16.3 Å². The van der Waals surface area contributed by atoms with Crippen molar-refractivity contribution in [1.82, 2.24) is 14.9 Å². The molecule has 0 aromatic carbocycles. The summed E-state index contributed by atoms with van der Waals surface area (Å²) in [6.45, 7) is 6.08. The minimum atomic E-state index is -2.90. The Morgan fingerprint density at radius 2 is 2.09 bits per heavy atom. The number of hydrogen-bond acceptors (Lipinski definition) is 7. The lowest BCUT2D eigenvalue weighted by atomic mass is 10.1. The second-order valence-corrected chi connectivity index (χ2v) is 10.2. The minimum Gasteiger partial charge on any atom is -0.383 e. The third-order valence-electron chi connectivity index (χ3n) is 5.16. The fourth-order valence-corrected chi connectivity index (χ4v) is 7.04. The predicted octanol–water partition coefficient (Wildman–Crippen LogP) is 1.51. The van der Waals surface area contributed by atoms with Crippen LogP contribution in [-0.4, -0.2) is 47.4 Å². The lowest BCUT2D eigenvalue weighted by Crippen LogP contribution is -2.27. The molecule has 0 saturated carbocycles. The maximum absolute atomic E-state index is 12.0. The summed E-state index contributed by atoms with van der Waals surface area (Å²) in [6, 6.07) is 0. The van der Waals surface area contributed by atoms with Crippen LogP contribution >= 0.6 is 11.3 Å². The van der Waals surface area contributed by atoms with Gasteiger partial charge in [-0.15, -0.1) is 11.3 Å². The van der Waals surface area contributed by atoms with Gasteiger partial charge in [-0.2, -0.15) is 0 Å². The Morgan fingerprint density at radius 3 is 2.83 bits per heavy atom. The van der Waals surface area contributed by atoms with E-state index in [0.717, 1.165) is 28.7 Å². The summed E-state index contributed by atoms with van der Waals surface area (Å²) >= 11 is 1.64. The minimum absolute atomic E-state index is 0.199. The molecule has 0 radical (unpaired) electrons. The number of fused-ring (bicyclic) bond motifs is 2. The first-order valence-corrected chi connectivity index (χ1v) is 10.3. The molecule has 2 saturated heterocycles. The Hall–Kier alpha value is -1.25. The van der Waals surface area contributed by atoms with Crippen molar-refractivity contribution in [2.45, 2.75) is 32.1 Å². The maximum Gasteiger partial charge on any atom is 0.154 e. The van der Waals surface area contributed by atoms with Gasteiger partial charge in [0, 0.05) is 18.0 Å². The van der Waals surface area contributed by atoms with E-state index in [1.54, 1.807) is 11.3 Å². The average molecular weight is 352 g/mol. The molecule has 4 rings (SSSR count). The summed E-state index contributed by atoms with van der Waals surface area (Å²) in [6.07, 6.45) is 0.787. The first-order chi connectivity index (χ1) is 10.8. The monoisotopic (exact) mass is 352 g/mol. The normalized spacial score (nSPS) is 26.9. The van der Waals surface area contributed by atoms with Crippen molar-refractivity contribution in [1.29, 1.82) is 0 Å². The molecule has 0 aliphatic carbocycles. The number of rotatable bonds is 2. The van der Waals surface area contributed by atoms with Crippen LogP contribution in [0.5, 0.6) is 0 Å². The average Bonchev–Trinajstić information content (AvgIpc) is 3.07. The molecule has 2 aliphatic heterocycles. The van der Waals surface area contributed by atoms with E-state index in [4.69, 9.17) is 5.73 Å². The Balaban J connectivity index is 1.60. The zero-order valence-electron chi connectivity index (χ0n) is 13.2. The van der Waals surface area contributed by atoms with E-state index in [1.165, 1.54) is 4.88 Å². The Kier molecular flexibility index (Phi) is 3.40. The molecule has 2 fully saturated rings. The van der Waals surface area contributed by atoms with Gasteiger partial charge in [0.25, 0.3) is 0 Å². The van der Waals surface area contributed by atoms with E-state index in [-0.39, 0.29) is 11.2 Å². The highest BCUT2D eigenvalue weighted by molar-refractivity contribution is 7.92. The molecule has 2 N–H and O–H groups in total. The molecule has 0 unspecified atom stereocenters. The van der Waals surface area contributed by atoms with Crippen LogP contribution in [0.2, 0.25) is 0 Å². The summed E-state index contributed by atoms with van der Waals surface area (Å²) in [5.74, 6) is 1.83. The molecule has 2 aliphatic rings. The number of hydrogen-bond donors (Lipinski definition) is 1. The number of sulfone groups is 1. The molecule has 0 amide bonds. The van der Waals surface area contributed by atoms with Crippen molar-refractivity contribution in [3.8, 4) is 0 Å². The number of aromatic nitrogens is 2. The molecule has 6 nitrogen and oxygen atoms in total. The second-order valence-electron chi connectivity index (χ2n) is 6.64. The fraction of sp³-hybridized carbons (Fsp3) is 0.600. The molecular formula is C15H20N4O2S2. The fourth-order valence-electron chi connectivity index (χ4n) is 3.80. The van der Waals surface area contributed by atoms with Gasteiger partial charge in [0.05, 0.1) is 22.9 Å². The highest BCUT2D eigenvalue weighted by Crippen LogP contribution is 2.35. The van der Waals surface area contributed by atoms with Gasteiger partial charge in [0.2, 0.25) is 0 Å². The summed E-state index contributed by atoms with van der Waals surface area (Å²) in [7, 11) is -2.90. The lowest BCUT2D eigenvalue weighted by molar-refractivity contribution is 0.307. The van der Waals surface area contributed by atoms with E-state index >= 15 is 0 Å². The van der Waals surface area contributed by atoms with Crippen LogP contribution in [0.3, 0.4) is 0 Å². The van der Waals surface area contributed by atoms with E-state index < -0.39 is 9.84 Å². The van der Waals surface area contributed by atoms with Crippen LogP contribution in [0.25, 0.3) is 10.2 Å². The van der Waals surface area contributed by atoms with Crippen molar-refractivity contribution >= 4 is 37.2 Å². The van der Waals surface area contributed by atoms with Gasteiger partial charge >= 0.3 is 0 Å². The Morgan fingerprint density at radius 1 is 1.30 bits per heavy atom. The molecule has 8 heteroatoms. The van der Waals surface area contributed by atoms with Crippen LogP contribution in [0.1, 0.15) is 22.7 Å². The summed E-state index contributed by atoms with van der Waals surface area (Å²) in [5.41, 5.74) is 7.27. The third kappa shape index (κ3) is 2.43. The number of nitrogens with two attached hydrogens (primary N) is 1. The number of nitrogen functional groups attached to an aromatic ring is 1. The molecule has 2 aromatic heterocycles. The quantitative estimate of drug-likeness (QED) is 0.881. The van der Waals surface area contributed by atoms with Gasteiger partial charge in [-0.3, -0.25) is 4.90 Å². The van der Waals surface area contributed by atoms with E-state index in [9.17, 15) is 8.42 Å². The van der Waals surface area contributed by atoms with E-state index in [0.29, 0.717) is 30.5 Å². The van der Waals surface area contributed by atoms with Crippen molar-refractivity contribution in [3.63, 3.8) is 0 Å². The second kappa shape index (κ2) is 5.12. The van der Waals surface area contributed by atoms with Crippen LogP contribution in [0.15, 0.2) is 0 Å². The molecule has 0 bridgehead atoms. The summed E-state index contributed by atoms with van der Waals surface area (Å²) < 4.78 is 24.1. The first kappa shape index (κ1) is 15.3. The highest BCUT2D eigenvalue weighted by Gasteiger charge is 2.46. The number of nitrogens with zero attached hydrogens (tertiary/aromatic N) is 3. The molecule has 124 valence electrons. The van der Waals surface area contributed by atoms with Crippen LogP contribution in [0, 0.1) is 19.8 Å². The Bertz CT molecular complexity index is 891. The van der Waals surface area contributed by atoms with Crippen LogP contribution in [0.4, 0.5) is 5.82 Å². The highest BCUT2D eigenvalue weighted by atomic mass is 32.2. The number of aryl methyl sites for hydroxylation is 2. The van der Waals surface area contributed by atoms with Gasteiger partial charge in [0.15, 0.2) is 9.84 Å². The number of anilines is 1. The lowest BCUT2D eigenvalue weighted by Gasteiger charge is -2.15. The van der Waals surface area contributed by atoms with Gasteiger partial charge in [0.1, 0.15) is 16.5 Å². The van der Waals surface area contributed by atoms with E-state index in [1.807, 2.05) is 6.92 Å². The maximum atomic E-state index is 12.0. The van der Waals surface area contributed by atoms with Crippen molar-refractivity contribution < 1.29 is 8.42 Å². The first-order valence-electron chi connectivity index (χ1n) is 7.81. The molecule has 4 heterocycles.